The maximum absolute atomic E-state index is 12.5. The zero-order valence-corrected chi connectivity index (χ0v) is 13.9. The summed E-state index contributed by atoms with van der Waals surface area (Å²) in [5, 5.41) is 3.49. The summed E-state index contributed by atoms with van der Waals surface area (Å²) in [5.74, 6) is -0.210. The van der Waals surface area contributed by atoms with Gasteiger partial charge in [-0.3, -0.25) is 14.2 Å². The van der Waals surface area contributed by atoms with Gasteiger partial charge in [-0.05, 0) is 55.0 Å². The molecule has 2 aromatic carbocycles. The van der Waals surface area contributed by atoms with Crippen LogP contribution < -0.4 is 10.9 Å². The number of rotatable bonds is 3. The molecular weight excluding hydrogens is 314 g/mol. The Labute approximate surface area is 145 Å². The lowest BCUT2D eigenvalue weighted by atomic mass is 9.90. The number of fused-ring (bicyclic) bond motifs is 2. The van der Waals surface area contributed by atoms with Crippen LogP contribution in [0.15, 0.2) is 53.6 Å². The molecule has 1 aliphatic rings. The van der Waals surface area contributed by atoms with Gasteiger partial charge in [0, 0.05) is 5.69 Å². The van der Waals surface area contributed by atoms with E-state index in [2.05, 4.69) is 16.4 Å². The number of aryl methyl sites for hydroxylation is 1. The van der Waals surface area contributed by atoms with Crippen molar-refractivity contribution in [1.29, 1.82) is 0 Å². The summed E-state index contributed by atoms with van der Waals surface area (Å²) in [6.45, 7) is -0.0413. The van der Waals surface area contributed by atoms with E-state index < -0.39 is 0 Å². The minimum Gasteiger partial charge on any atom is -0.324 e. The Morgan fingerprint density at radius 1 is 1.08 bits per heavy atom. The van der Waals surface area contributed by atoms with Crippen molar-refractivity contribution in [2.75, 3.05) is 5.32 Å². The van der Waals surface area contributed by atoms with Gasteiger partial charge < -0.3 is 5.32 Å². The van der Waals surface area contributed by atoms with Gasteiger partial charge in [0.2, 0.25) is 5.91 Å². The second kappa shape index (κ2) is 6.51. The summed E-state index contributed by atoms with van der Waals surface area (Å²) in [4.78, 5) is 29.2. The summed E-state index contributed by atoms with van der Waals surface area (Å²) in [5.41, 5.74) is 3.85. The zero-order valence-electron chi connectivity index (χ0n) is 13.9. The summed E-state index contributed by atoms with van der Waals surface area (Å²) in [6, 6.07) is 13.2. The zero-order chi connectivity index (χ0) is 17.2. The lowest BCUT2D eigenvalue weighted by molar-refractivity contribution is -0.116. The number of nitrogens with one attached hydrogen (secondary N) is 1. The van der Waals surface area contributed by atoms with Gasteiger partial charge in [-0.1, -0.05) is 24.3 Å². The Bertz CT molecular complexity index is 1010. The van der Waals surface area contributed by atoms with Gasteiger partial charge in [-0.15, -0.1) is 0 Å². The number of benzene rings is 2. The third-order valence-corrected chi connectivity index (χ3v) is 4.72. The number of hydrogen-bond acceptors (Lipinski definition) is 3. The fourth-order valence-electron chi connectivity index (χ4n) is 3.46. The lowest BCUT2D eigenvalue weighted by Crippen LogP contribution is -2.28. The van der Waals surface area contributed by atoms with E-state index in [4.69, 9.17) is 0 Å². The van der Waals surface area contributed by atoms with Crippen molar-refractivity contribution < 1.29 is 4.79 Å². The predicted molar refractivity (Wildman–Crippen MR) is 97.7 cm³/mol. The number of nitrogens with zero attached hydrogens (tertiary/aromatic N) is 2. The van der Waals surface area contributed by atoms with Crippen molar-refractivity contribution in [3.63, 3.8) is 0 Å². The number of anilines is 1. The normalized spacial score (nSPS) is 13.4. The van der Waals surface area contributed by atoms with Crippen LogP contribution >= 0.6 is 0 Å². The standard InChI is InChI=1S/C20H19N3O2/c24-19(22-18-11-5-7-14-6-1-2-8-15(14)18)12-23-13-21-17-10-4-3-9-16(17)20(23)25/h3-5,7,9-11,13H,1-2,6,8,12H2,(H,22,24). The minimum atomic E-state index is -0.210. The van der Waals surface area contributed by atoms with Gasteiger partial charge in [0.05, 0.1) is 17.2 Å². The highest BCUT2D eigenvalue weighted by atomic mass is 16.2. The average molecular weight is 333 g/mol. The van der Waals surface area contributed by atoms with Gasteiger partial charge in [-0.2, -0.15) is 0 Å². The molecule has 5 heteroatoms. The van der Waals surface area contributed by atoms with Crippen molar-refractivity contribution in [1.82, 2.24) is 9.55 Å². The monoisotopic (exact) mass is 333 g/mol. The van der Waals surface area contributed by atoms with Crippen LogP contribution in [-0.2, 0) is 24.2 Å². The molecule has 0 fully saturated rings. The van der Waals surface area contributed by atoms with Crippen molar-refractivity contribution >= 4 is 22.5 Å². The molecule has 0 radical (unpaired) electrons. The van der Waals surface area contributed by atoms with E-state index in [9.17, 15) is 9.59 Å². The van der Waals surface area contributed by atoms with Gasteiger partial charge in [0.25, 0.3) is 5.56 Å². The van der Waals surface area contributed by atoms with Crippen LogP contribution in [0, 0.1) is 0 Å². The van der Waals surface area contributed by atoms with Crippen LogP contribution in [0.5, 0.6) is 0 Å². The third kappa shape index (κ3) is 3.05. The molecule has 1 heterocycles. The Kier molecular flexibility index (Phi) is 4.06. The van der Waals surface area contributed by atoms with E-state index in [1.807, 2.05) is 18.2 Å². The van der Waals surface area contributed by atoms with Crippen LogP contribution in [0.1, 0.15) is 24.0 Å². The highest BCUT2D eigenvalue weighted by Crippen LogP contribution is 2.27. The van der Waals surface area contributed by atoms with Crippen LogP contribution in [0.25, 0.3) is 10.9 Å². The van der Waals surface area contributed by atoms with E-state index in [-0.39, 0.29) is 18.0 Å². The van der Waals surface area contributed by atoms with E-state index in [1.54, 1.807) is 18.2 Å². The molecule has 0 spiro atoms. The first-order valence-corrected chi connectivity index (χ1v) is 8.57. The largest absolute Gasteiger partial charge is 0.324 e. The summed E-state index contributed by atoms with van der Waals surface area (Å²) in [6.07, 6.45) is 5.83. The quantitative estimate of drug-likeness (QED) is 0.801. The summed E-state index contributed by atoms with van der Waals surface area (Å²) < 4.78 is 1.35. The number of aromatic nitrogens is 2. The topological polar surface area (TPSA) is 64.0 Å². The van der Waals surface area contributed by atoms with Gasteiger partial charge in [0.1, 0.15) is 6.54 Å². The fourth-order valence-corrected chi connectivity index (χ4v) is 3.46. The maximum atomic E-state index is 12.5. The highest BCUT2D eigenvalue weighted by molar-refractivity contribution is 5.91. The first-order chi connectivity index (χ1) is 12.2. The molecule has 1 aromatic heterocycles. The highest BCUT2D eigenvalue weighted by Gasteiger charge is 2.15. The fraction of sp³-hybridized carbons (Fsp3) is 0.250. The molecule has 0 aliphatic heterocycles. The lowest BCUT2D eigenvalue weighted by Gasteiger charge is -2.19. The second-order valence-corrected chi connectivity index (χ2v) is 6.39. The van der Waals surface area contributed by atoms with Gasteiger partial charge in [0.15, 0.2) is 0 Å². The molecule has 1 amide bonds. The Morgan fingerprint density at radius 2 is 1.92 bits per heavy atom. The van der Waals surface area contributed by atoms with E-state index in [0.29, 0.717) is 10.9 Å². The molecule has 4 rings (SSSR count). The molecule has 0 saturated carbocycles. The minimum absolute atomic E-state index is 0.0413. The van der Waals surface area contributed by atoms with Crippen LogP contribution in [0.4, 0.5) is 5.69 Å². The number of carbonyl (C=O) groups is 1. The molecule has 5 nitrogen and oxygen atoms in total. The first kappa shape index (κ1) is 15.6. The van der Waals surface area contributed by atoms with Crippen LogP contribution in [0.3, 0.4) is 0 Å². The first-order valence-electron chi connectivity index (χ1n) is 8.57. The molecule has 1 N–H and O–H groups in total. The number of para-hydroxylation sites is 1. The Morgan fingerprint density at radius 3 is 2.84 bits per heavy atom. The average Bonchev–Trinajstić information content (AvgIpc) is 2.65. The third-order valence-electron chi connectivity index (χ3n) is 4.72. The van der Waals surface area contributed by atoms with Crippen molar-refractivity contribution in [3.05, 3.63) is 70.3 Å². The SMILES string of the molecule is O=C(Cn1cnc2ccccc2c1=O)Nc1cccc2c1CCCC2. The molecule has 1 aliphatic carbocycles. The number of carbonyl (C=O) groups excluding carboxylic acids is 1. The number of amides is 1. The maximum Gasteiger partial charge on any atom is 0.261 e. The molecule has 3 aromatic rings. The van der Waals surface area contributed by atoms with Crippen molar-refractivity contribution in [2.45, 2.75) is 32.2 Å². The smallest absolute Gasteiger partial charge is 0.261 e. The number of hydrogen-bond donors (Lipinski definition) is 1. The Hall–Kier alpha value is -2.95. The molecule has 0 saturated heterocycles. The molecule has 25 heavy (non-hydrogen) atoms. The molecule has 0 unspecified atom stereocenters. The molecule has 0 bridgehead atoms. The Balaban J connectivity index is 1.57. The molecular formula is C20H19N3O2. The van der Waals surface area contributed by atoms with E-state index >= 15 is 0 Å². The predicted octanol–water partition coefficient (Wildman–Crippen LogP) is 2.91. The van der Waals surface area contributed by atoms with Gasteiger partial charge >= 0.3 is 0 Å². The van der Waals surface area contributed by atoms with E-state index in [1.165, 1.54) is 28.4 Å². The summed E-state index contributed by atoms with van der Waals surface area (Å²) in [7, 11) is 0. The molecule has 126 valence electrons. The van der Waals surface area contributed by atoms with Crippen molar-refractivity contribution in [3.8, 4) is 0 Å². The van der Waals surface area contributed by atoms with Gasteiger partial charge in [-0.25, -0.2) is 4.98 Å². The summed E-state index contributed by atoms with van der Waals surface area (Å²) >= 11 is 0. The van der Waals surface area contributed by atoms with E-state index in [0.717, 1.165) is 24.9 Å². The second-order valence-electron chi connectivity index (χ2n) is 6.39. The molecule has 0 atom stereocenters. The van der Waals surface area contributed by atoms with Crippen molar-refractivity contribution in [2.24, 2.45) is 0 Å². The van der Waals surface area contributed by atoms with Crippen LogP contribution in [0.2, 0.25) is 0 Å². The van der Waals surface area contributed by atoms with Crippen LogP contribution in [-0.4, -0.2) is 15.5 Å².